The molecule has 1 amide bonds. The van der Waals surface area contributed by atoms with Crippen LogP contribution in [0.1, 0.15) is 6.92 Å². The van der Waals surface area contributed by atoms with Crippen molar-refractivity contribution in [1.29, 1.82) is 0 Å². The van der Waals surface area contributed by atoms with E-state index in [9.17, 15) is 4.79 Å². The van der Waals surface area contributed by atoms with Crippen LogP contribution in [-0.2, 0) is 4.79 Å². The van der Waals surface area contributed by atoms with Crippen LogP contribution >= 0.6 is 0 Å². The molecule has 0 aromatic carbocycles. The van der Waals surface area contributed by atoms with E-state index in [1.807, 2.05) is 6.92 Å². The molecule has 0 spiro atoms. The summed E-state index contributed by atoms with van der Waals surface area (Å²) in [6.45, 7) is 5.58. The lowest BCUT2D eigenvalue weighted by Gasteiger charge is -2.31. The van der Waals surface area contributed by atoms with Gasteiger partial charge in [-0.05, 0) is 6.92 Å². The molecule has 1 aromatic rings. The second-order valence-electron chi connectivity index (χ2n) is 4.04. The standard InChI is InChI=1S/C11H17N5O/c1-9(16-6-4-12-5-7-16)11(17)15-10-8-13-2-3-14-10/h2-3,8-9,12H,4-7H2,1H3,(H,14,15,17). The monoisotopic (exact) mass is 235 g/mol. The number of aromatic nitrogens is 2. The van der Waals surface area contributed by atoms with E-state index in [-0.39, 0.29) is 11.9 Å². The molecule has 1 fully saturated rings. The topological polar surface area (TPSA) is 70.2 Å². The summed E-state index contributed by atoms with van der Waals surface area (Å²) in [6, 6.07) is -0.140. The smallest absolute Gasteiger partial charge is 0.242 e. The van der Waals surface area contributed by atoms with Gasteiger partial charge in [-0.25, -0.2) is 4.98 Å². The van der Waals surface area contributed by atoms with Gasteiger partial charge in [0.25, 0.3) is 0 Å². The lowest BCUT2D eigenvalue weighted by atomic mass is 10.2. The molecule has 1 aliphatic heterocycles. The third kappa shape index (κ3) is 3.21. The van der Waals surface area contributed by atoms with Crippen LogP contribution in [0.25, 0.3) is 0 Å². The van der Waals surface area contributed by atoms with E-state index in [0.717, 1.165) is 26.2 Å². The normalized spacial score (nSPS) is 18.6. The third-order valence-corrected chi connectivity index (χ3v) is 2.89. The van der Waals surface area contributed by atoms with Crippen molar-refractivity contribution in [1.82, 2.24) is 20.2 Å². The number of carbonyl (C=O) groups excluding carboxylic acids is 1. The number of rotatable bonds is 3. The Morgan fingerprint density at radius 2 is 2.24 bits per heavy atom. The van der Waals surface area contributed by atoms with Crippen molar-refractivity contribution in [2.45, 2.75) is 13.0 Å². The van der Waals surface area contributed by atoms with Crippen LogP contribution in [0.3, 0.4) is 0 Å². The van der Waals surface area contributed by atoms with Gasteiger partial charge in [-0.2, -0.15) is 0 Å². The highest BCUT2D eigenvalue weighted by molar-refractivity contribution is 5.93. The lowest BCUT2D eigenvalue weighted by Crippen LogP contribution is -2.51. The maximum Gasteiger partial charge on any atom is 0.242 e. The molecule has 92 valence electrons. The van der Waals surface area contributed by atoms with E-state index >= 15 is 0 Å². The molecule has 1 aliphatic rings. The maximum absolute atomic E-state index is 12.0. The zero-order valence-corrected chi connectivity index (χ0v) is 9.89. The van der Waals surface area contributed by atoms with Crippen LogP contribution in [0, 0.1) is 0 Å². The molecule has 6 nitrogen and oxygen atoms in total. The third-order valence-electron chi connectivity index (χ3n) is 2.89. The number of nitrogens with one attached hydrogen (secondary N) is 2. The number of piperazine rings is 1. The van der Waals surface area contributed by atoms with Crippen LogP contribution in [0.5, 0.6) is 0 Å². The summed E-state index contributed by atoms with van der Waals surface area (Å²) in [5.74, 6) is 0.465. The first-order valence-electron chi connectivity index (χ1n) is 5.79. The van der Waals surface area contributed by atoms with Crippen molar-refractivity contribution < 1.29 is 4.79 Å². The number of hydrogen-bond acceptors (Lipinski definition) is 5. The van der Waals surface area contributed by atoms with Crippen LogP contribution in [0.15, 0.2) is 18.6 Å². The van der Waals surface area contributed by atoms with Crippen LogP contribution in [0.2, 0.25) is 0 Å². The minimum absolute atomic E-state index is 0.0348. The van der Waals surface area contributed by atoms with Gasteiger partial charge in [0.2, 0.25) is 5.91 Å². The summed E-state index contributed by atoms with van der Waals surface area (Å²) in [7, 11) is 0. The molecule has 1 aromatic heterocycles. The molecule has 0 aliphatic carbocycles. The summed E-state index contributed by atoms with van der Waals surface area (Å²) in [5, 5.41) is 6.03. The van der Waals surface area contributed by atoms with Gasteiger partial charge in [-0.15, -0.1) is 0 Å². The number of nitrogens with zero attached hydrogens (tertiary/aromatic N) is 3. The average Bonchev–Trinajstić information content (AvgIpc) is 2.40. The van der Waals surface area contributed by atoms with Gasteiger partial charge < -0.3 is 10.6 Å². The van der Waals surface area contributed by atoms with Gasteiger partial charge >= 0.3 is 0 Å². The fraction of sp³-hybridized carbons (Fsp3) is 0.545. The molecule has 0 saturated carbocycles. The number of amides is 1. The number of hydrogen-bond donors (Lipinski definition) is 2. The lowest BCUT2D eigenvalue weighted by molar-refractivity contribution is -0.121. The van der Waals surface area contributed by atoms with Crippen molar-refractivity contribution in [3.63, 3.8) is 0 Å². The molecule has 17 heavy (non-hydrogen) atoms. The van der Waals surface area contributed by atoms with Crippen LogP contribution < -0.4 is 10.6 Å². The Morgan fingerprint density at radius 1 is 1.47 bits per heavy atom. The summed E-state index contributed by atoms with van der Waals surface area (Å²) in [6.07, 6.45) is 4.68. The fourth-order valence-electron chi connectivity index (χ4n) is 1.83. The van der Waals surface area contributed by atoms with Crippen molar-refractivity contribution in [2.75, 3.05) is 31.5 Å². The molecule has 0 radical (unpaired) electrons. The zero-order chi connectivity index (χ0) is 12.1. The van der Waals surface area contributed by atoms with Gasteiger partial charge in [-0.3, -0.25) is 14.7 Å². The van der Waals surface area contributed by atoms with Gasteiger partial charge in [0, 0.05) is 38.6 Å². The Balaban J connectivity index is 1.90. The molecular weight excluding hydrogens is 218 g/mol. The van der Waals surface area contributed by atoms with Crippen molar-refractivity contribution in [2.24, 2.45) is 0 Å². The minimum atomic E-state index is -0.140. The second-order valence-corrected chi connectivity index (χ2v) is 4.04. The molecule has 2 N–H and O–H groups in total. The predicted molar refractivity (Wildman–Crippen MR) is 64.6 cm³/mol. The highest BCUT2D eigenvalue weighted by atomic mass is 16.2. The van der Waals surface area contributed by atoms with E-state index in [4.69, 9.17) is 0 Å². The minimum Gasteiger partial charge on any atom is -0.314 e. The molecule has 0 bridgehead atoms. The first-order chi connectivity index (χ1) is 8.27. The highest BCUT2D eigenvalue weighted by Crippen LogP contribution is 2.05. The molecule has 1 unspecified atom stereocenters. The average molecular weight is 235 g/mol. The van der Waals surface area contributed by atoms with Crippen molar-refractivity contribution >= 4 is 11.7 Å². The van der Waals surface area contributed by atoms with E-state index in [1.165, 1.54) is 0 Å². The highest BCUT2D eigenvalue weighted by Gasteiger charge is 2.22. The molecular formula is C11H17N5O. The zero-order valence-electron chi connectivity index (χ0n) is 9.89. The van der Waals surface area contributed by atoms with Gasteiger partial charge in [0.1, 0.15) is 0 Å². The second kappa shape index (κ2) is 5.70. The summed E-state index contributed by atoms with van der Waals surface area (Å²) in [4.78, 5) is 22.1. The van der Waals surface area contributed by atoms with E-state index in [2.05, 4.69) is 25.5 Å². The van der Waals surface area contributed by atoms with Gasteiger partial charge in [-0.1, -0.05) is 0 Å². The number of anilines is 1. The van der Waals surface area contributed by atoms with Crippen LogP contribution in [-0.4, -0.2) is 53.0 Å². The van der Waals surface area contributed by atoms with Crippen LogP contribution in [0.4, 0.5) is 5.82 Å². The van der Waals surface area contributed by atoms with Crippen molar-refractivity contribution in [3.05, 3.63) is 18.6 Å². The quantitative estimate of drug-likeness (QED) is 0.753. The Kier molecular flexibility index (Phi) is 4.00. The summed E-state index contributed by atoms with van der Waals surface area (Å²) < 4.78 is 0. The molecule has 2 heterocycles. The maximum atomic E-state index is 12.0. The van der Waals surface area contributed by atoms with Gasteiger partial charge in [0.05, 0.1) is 12.2 Å². The molecule has 6 heteroatoms. The summed E-state index contributed by atoms with van der Waals surface area (Å²) in [5.41, 5.74) is 0. The molecule has 2 rings (SSSR count). The van der Waals surface area contributed by atoms with E-state index < -0.39 is 0 Å². The molecule has 1 atom stereocenters. The Bertz CT molecular complexity index is 363. The first kappa shape index (κ1) is 11.9. The SMILES string of the molecule is CC(C(=O)Nc1cnccn1)N1CCNCC1. The Morgan fingerprint density at radius 3 is 2.88 bits per heavy atom. The van der Waals surface area contributed by atoms with E-state index in [0.29, 0.717) is 5.82 Å². The first-order valence-corrected chi connectivity index (χ1v) is 5.79. The largest absolute Gasteiger partial charge is 0.314 e. The van der Waals surface area contributed by atoms with Gasteiger partial charge in [0.15, 0.2) is 5.82 Å². The predicted octanol–water partition coefficient (Wildman–Crippen LogP) is -0.291. The fourth-order valence-corrected chi connectivity index (χ4v) is 1.83. The Labute approximate surface area is 100 Å². The summed E-state index contributed by atoms with van der Waals surface area (Å²) >= 11 is 0. The molecule has 1 saturated heterocycles. The Hall–Kier alpha value is -1.53. The van der Waals surface area contributed by atoms with E-state index in [1.54, 1.807) is 18.6 Å². The van der Waals surface area contributed by atoms with Crippen molar-refractivity contribution in [3.8, 4) is 0 Å². The number of carbonyl (C=O) groups is 1.